The van der Waals surface area contributed by atoms with Gasteiger partial charge in [0.1, 0.15) is 5.56 Å². The second kappa shape index (κ2) is 6.32. The van der Waals surface area contributed by atoms with E-state index in [1.54, 1.807) is 18.2 Å². The molecule has 0 unspecified atom stereocenters. The maximum absolute atomic E-state index is 11.3. The number of nitro benzene ring substituents is 1. The molecular formula is C18H12N2O6. The van der Waals surface area contributed by atoms with Gasteiger partial charge in [-0.15, -0.1) is 0 Å². The van der Waals surface area contributed by atoms with Crippen molar-refractivity contribution >= 4 is 34.5 Å². The van der Waals surface area contributed by atoms with E-state index in [-0.39, 0.29) is 47.0 Å². The van der Waals surface area contributed by atoms with E-state index in [9.17, 15) is 29.3 Å². The lowest BCUT2D eigenvalue weighted by molar-refractivity contribution is -0.385. The SMILES string of the molecule is Nc1cccc2c1C(=O)CC2=O.O=C1CC(=O)c2c1cccc2[N+](=O)[O-]. The minimum absolute atomic E-state index is 0.0243. The summed E-state index contributed by atoms with van der Waals surface area (Å²) in [6, 6.07) is 9.04. The average molecular weight is 352 g/mol. The molecule has 130 valence electrons. The van der Waals surface area contributed by atoms with E-state index in [4.69, 9.17) is 5.73 Å². The van der Waals surface area contributed by atoms with Crippen molar-refractivity contribution in [1.29, 1.82) is 0 Å². The van der Waals surface area contributed by atoms with Gasteiger partial charge in [0.25, 0.3) is 5.69 Å². The van der Waals surface area contributed by atoms with Crippen LogP contribution in [0, 0.1) is 10.1 Å². The van der Waals surface area contributed by atoms with Crippen LogP contribution < -0.4 is 5.73 Å². The monoisotopic (exact) mass is 352 g/mol. The molecule has 0 atom stereocenters. The number of carbonyl (C=O) groups is 4. The van der Waals surface area contributed by atoms with Gasteiger partial charge in [0.05, 0.1) is 23.3 Å². The van der Waals surface area contributed by atoms with Crippen molar-refractivity contribution in [2.24, 2.45) is 0 Å². The second-order valence-corrected chi connectivity index (χ2v) is 5.77. The minimum Gasteiger partial charge on any atom is -0.398 e. The van der Waals surface area contributed by atoms with Crippen molar-refractivity contribution in [3.63, 3.8) is 0 Å². The Morgan fingerprint density at radius 2 is 1.27 bits per heavy atom. The Morgan fingerprint density at radius 1 is 0.769 bits per heavy atom. The number of fused-ring (bicyclic) bond motifs is 2. The van der Waals surface area contributed by atoms with Crippen molar-refractivity contribution in [2.45, 2.75) is 12.8 Å². The van der Waals surface area contributed by atoms with Gasteiger partial charge in [-0.1, -0.05) is 24.3 Å². The molecule has 0 aromatic heterocycles. The van der Waals surface area contributed by atoms with Gasteiger partial charge in [0.2, 0.25) is 0 Å². The summed E-state index contributed by atoms with van der Waals surface area (Å²) < 4.78 is 0. The van der Waals surface area contributed by atoms with Crippen LogP contribution in [-0.4, -0.2) is 28.1 Å². The Kier molecular flexibility index (Phi) is 4.17. The highest BCUT2D eigenvalue weighted by molar-refractivity contribution is 6.26. The fourth-order valence-corrected chi connectivity index (χ4v) is 2.99. The first-order valence-electron chi connectivity index (χ1n) is 7.60. The van der Waals surface area contributed by atoms with Crippen molar-refractivity contribution in [3.05, 3.63) is 68.8 Å². The van der Waals surface area contributed by atoms with Gasteiger partial charge in [0, 0.05) is 22.9 Å². The maximum Gasteiger partial charge on any atom is 0.280 e. The molecule has 2 aromatic carbocycles. The first-order valence-corrected chi connectivity index (χ1v) is 7.60. The topological polar surface area (TPSA) is 137 Å². The van der Waals surface area contributed by atoms with E-state index in [1.165, 1.54) is 18.2 Å². The summed E-state index contributed by atoms with van der Waals surface area (Å²) in [7, 11) is 0. The number of ketones is 4. The van der Waals surface area contributed by atoms with Crippen LogP contribution in [0.1, 0.15) is 54.3 Å². The third kappa shape index (κ3) is 2.77. The highest BCUT2D eigenvalue weighted by atomic mass is 16.6. The van der Waals surface area contributed by atoms with Gasteiger partial charge < -0.3 is 5.73 Å². The minimum atomic E-state index is -0.644. The molecule has 4 rings (SSSR count). The Balaban J connectivity index is 0.000000152. The first-order chi connectivity index (χ1) is 12.3. The largest absolute Gasteiger partial charge is 0.398 e. The quantitative estimate of drug-likeness (QED) is 0.360. The lowest BCUT2D eigenvalue weighted by atomic mass is 10.1. The number of hydrogen-bond acceptors (Lipinski definition) is 7. The lowest BCUT2D eigenvalue weighted by Gasteiger charge is -1.98. The zero-order chi connectivity index (χ0) is 19.0. The van der Waals surface area contributed by atoms with Crippen molar-refractivity contribution in [2.75, 3.05) is 5.73 Å². The number of nitro groups is 1. The second-order valence-electron chi connectivity index (χ2n) is 5.77. The number of rotatable bonds is 1. The molecule has 0 amide bonds. The number of nitrogens with zero attached hydrogens (tertiary/aromatic N) is 1. The first kappa shape index (κ1) is 17.2. The van der Waals surface area contributed by atoms with E-state index in [2.05, 4.69) is 0 Å². The molecule has 0 spiro atoms. The number of carbonyl (C=O) groups excluding carboxylic acids is 4. The predicted molar refractivity (Wildman–Crippen MR) is 90.5 cm³/mol. The molecule has 2 aliphatic rings. The third-order valence-corrected chi connectivity index (χ3v) is 4.14. The van der Waals surface area contributed by atoms with E-state index < -0.39 is 10.7 Å². The molecule has 8 heteroatoms. The van der Waals surface area contributed by atoms with Crippen molar-refractivity contribution in [3.8, 4) is 0 Å². The number of nitrogen functional groups attached to an aromatic ring is 1. The molecule has 2 N–H and O–H groups in total. The maximum atomic E-state index is 11.3. The van der Waals surface area contributed by atoms with Crippen LogP contribution in [0.4, 0.5) is 11.4 Å². The molecule has 0 saturated carbocycles. The highest BCUT2D eigenvalue weighted by Gasteiger charge is 2.34. The van der Waals surface area contributed by atoms with Gasteiger partial charge in [-0.2, -0.15) is 0 Å². The zero-order valence-corrected chi connectivity index (χ0v) is 13.4. The molecule has 0 bridgehead atoms. The average Bonchev–Trinajstić information content (AvgIpc) is 3.05. The van der Waals surface area contributed by atoms with Crippen molar-refractivity contribution < 1.29 is 24.1 Å². The molecular weight excluding hydrogens is 340 g/mol. The molecule has 2 aliphatic carbocycles. The number of Topliss-reactive ketones (excluding diaryl/α,β-unsaturated/α-hetero) is 4. The summed E-state index contributed by atoms with van der Waals surface area (Å²) >= 11 is 0. The third-order valence-electron chi connectivity index (χ3n) is 4.14. The van der Waals surface area contributed by atoms with Crippen LogP contribution in [0.3, 0.4) is 0 Å². The summed E-state index contributed by atoms with van der Waals surface area (Å²) in [4.78, 5) is 54.7. The lowest BCUT2D eigenvalue weighted by Crippen LogP contribution is -1.99. The normalized spacial score (nSPS) is 14.6. The number of nitrogens with two attached hydrogens (primary N) is 1. The zero-order valence-electron chi connectivity index (χ0n) is 13.4. The van der Waals surface area contributed by atoms with Gasteiger partial charge in [0.15, 0.2) is 23.1 Å². The molecule has 0 saturated heterocycles. The Labute approximate surface area is 146 Å². The van der Waals surface area contributed by atoms with E-state index in [0.29, 0.717) is 16.8 Å². The van der Waals surface area contributed by atoms with Gasteiger partial charge in [-0.3, -0.25) is 29.3 Å². The van der Waals surface area contributed by atoms with Gasteiger partial charge >= 0.3 is 0 Å². The van der Waals surface area contributed by atoms with Crippen LogP contribution in [0.25, 0.3) is 0 Å². The fourth-order valence-electron chi connectivity index (χ4n) is 2.99. The van der Waals surface area contributed by atoms with E-state index in [0.717, 1.165) is 0 Å². The summed E-state index contributed by atoms with van der Waals surface area (Å²) in [5.41, 5.74) is 6.69. The summed E-state index contributed by atoms with van der Waals surface area (Å²) in [5.74, 6) is -1.08. The number of hydrogen-bond donors (Lipinski definition) is 1. The van der Waals surface area contributed by atoms with Crippen molar-refractivity contribution in [1.82, 2.24) is 0 Å². The molecule has 0 fully saturated rings. The predicted octanol–water partition coefficient (Wildman–Crippen LogP) is 2.40. The molecule has 0 radical (unpaired) electrons. The Bertz CT molecular complexity index is 1010. The van der Waals surface area contributed by atoms with Crippen LogP contribution in [0.2, 0.25) is 0 Å². The van der Waals surface area contributed by atoms with Gasteiger partial charge in [-0.25, -0.2) is 0 Å². The van der Waals surface area contributed by atoms with E-state index >= 15 is 0 Å². The van der Waals surface area contributed by atoms with Crippen LogP contribution >= 0.6 is 0 Å². The molecule has 26 heavy (non-hydrogen) atoms. The standard InChI is InChI=1S/C9H5NO4.C9H7NO2/c11-7-4-8(12)9-5(7)2-1-3-6(9)10(13)14;10-6-3-1-2-5-7(11)4-8(12)9(5)6/h1-3H,4H2;1-3H,4,10H2. The fraction of sp³-hybridized carbons (Fsp3) is 0.111. The van der Waals surface area contributed by atoms with E-state index in [1.807, 2.05) is 0 Å². The molecule has 2 aromatic rings. The smallest absolute Gasteiger partial charge is 0.280 e. The highest BCUT2D eigenvalue weighted by Crippen LogP contribution is 2.30. The number of anilines is 1. The van der Waals surface area contributed by atoms with Crippen LogP contribution in [-0.2, 0) is 0 Å². The van der Waals surface area contributed by atoms with Gasteiger partial charge in [-0.05, 0) is 6.07 Å². The number of benzene rings is 2. The molecule has 0 heterocycles. The summed E-state index contributed by atoms with van der Waals surface area (Å²) in [6.07, 6.45) is -0.274. The summed E-state index contributed by atoms with van der Waals surface area (Å²) in [5, 5.41) is 10.6. The van der Waals surface area contributed by atoms with Crippen LogP contribution in [0.5, 0.6) is 0 Å². The molecule has 0 aliphatic heterocycles. The molecule has 8 nitrogen and oxygen atoms in total. The Morgan fingerprint density at radius 3 is 1.81 bits per heavy atom. The van der Waals surface area contributed by atoms with Crippen LogP contribution in [0.15, 0.2) is 36.4 Å². The summed E-state index contributed by atoms with van der Waals surface area (Å²) in [6.45, 7) is 0. The Hall–Kier alpha value is -3.68.